The Morgan fingerprint density at radius 2 is 2.18 bits per heavy atom. The standard InChI is InChI=1S/C26H29BrN2O4S/c1-13-11-28-25(34-13)29-22(32)6-5-17-19(12-30)24(33)26(2)8-7-15-16(23(17)26)4-3-14-9-21(31)20(27)10-18(14)15/h9-12,15-17,23,30-31H,3-8H2,1-2H3,(H,28,29,32)/b19-12-/t15?,16?,17-,23?,26+/m1/s1. The van der Waals surface area contributed by atoms with Gasteiger partial charge in [-0.2, -0.15) is 0 Å². The van der Waals surface area contributed by atoms with Crippen LogP contribution in [0.2, 0.25) is 0 Å². The smallest absolute Gasteiger partial charge is 0.226 e. The van der Waals surface area contributed by atoms with E-state index in [2.05, 4.69) is 33.2 Å². The van der Waals surface area contributed by atoms with Gasteiger partial charge in [0.1, 0.15) is 5.75 Å². The van der Waals surface area contributed by atoms with Gasteiger partial charge in [0, 0.05) is 28.5 Å². The van der Waals surface area contributed by atoms with Gasteiger partial charge in [-0.3, -0.25) is 9.59 Å². The van der Waals surface area contributed by atoms with Gasteiger partial charge in [0.15, 0.2) is 10.9 Å². The highest BCUT2D eigenvalue weighted by atomic mass is 79.9. The van der Waals surface area contributed by atoms with E-state index in [1.807, 2.05) is 19.1 Å². The molecule has 0 aliphatic heterocycles. The van der Waals surface area contributed by atoms with Crippen LogP contribution in [0.4, 0.5) is 5.13 Å². The molecule has 3 aliphatic rings. The predicted octanol–water partition coefficient (Wildman–Crippen LogP) is 6.04. The van der Waals surface area contributed by atoms with Crippen molar-refractivity contribution >= 4 is 44.1 Å². The van der Waals surface area contributed by atoms with E-state index in [0.29, 0.717) is 33.4 Å². The van der Waals surface area contributed by atoms with E-state index >= 15 is 0 Å². The number of hydrogen-bond acceptors (Lipinski definition) is 6. The minimum Gasteiger partial charge on any atom is -0.515 e. The molecule has 0 saturated heterocycles. The number of ketones is 1. The Morgan fingerprint density at radius 1 is 1.38 bits per heavy atom. The van der Waals surface area contributed by atoms with E-state index < -0.39 is 5.41 Å². The summed E-state index contributed by atoms with van der Waals surface area (Å²) in [6, 6.07) is 3.91. The summed E-state index contributed by atoms with van der Waals surface area (Å²) >= 11 is 4.91. The third-order valence-corrected chi connectivity index (χ3v) is 9.81. The van der Waals surface area contributed by atoms with Crippen LogP contribution in [0.5, 0.6) is 5.75 Å². The largest absolute Gasteiger partial charge is 0.515 e. The molecule has 1 amide bonds. The number of hydrogen-bond donors (Lipinski definition) is 3. The van der Waals surface area contributed by atoms with Crippen molar-refractivity contribution in [2.45, 2.75) is 58.3 Å². The van der Waals surface area contributed by atoms with Crippen molar-refractivity contribution in [3.63, 3.8) is 0 Å². The summed E-state index contributed by atoms with van der Waals surface area (Å²) < 4.78 is 0.698. The number of anilines is 1. The SMILES string of the molecule is Cc1cnc(NC(=O)CC[C@@H]2/C(=C/O)C(=O)[C@@]3(C)CCC4c5cc(Br)c(O)cc5CCC4C23)s1. The van der Waals surface area contributed by atoms with Crippen molar-refractivity contribution in [3.8, 4) is 5.75 Å². The number of benzene rings is 1. The molecule has 1 aromatic carbocycles. The number of phenols is 1. The van der Waals surface area contributed by atoms with Crippen LogP contribution in [0.3, 0.4) is 0 Å². The minimum absolute atomic E-state index is 0.0390. The van der Waals surface area contributed by atoms with E-state index in [1.165, 1.54) is 22.5 Å². The van der Waals surface area contributed by atoms with Crippen molar-refractivity contribution in [2.75, 3.05) is 5.32 Å². The number of phenolic OH excluding ortho intramolecular Hbond substituents is 1. The number of aliphatic hydroxyl groups excluding tert-OH is 1. The van der Waals surface area contributed by atoms with Gasteiger partial charge in [0.05, 0.1) is 10.7 Å². The van der Waals surface area contributed by atoms with Crippen LogP contribution in [-0.2, 0) is 16.0 Å². The average molecular weight is 545 g/mol. The van der Waals surface area contributed by atoms with Gasteiger partial charge >= 0.3 is 0 Å². The number of aromatic nitrogens is 1. The lowest BCUT2D eigenvalue weighted by atomic mass is 9.54. The van der Waals surface area contributed by atoms with E-state index in [4.69, 9.17) is 0 Å². The molecule has 6 nitrogen and oxygen atoms in total. The summed E-state index contributed by atoms with van der Waals surface area (Å²) in [4.78, 5) is 31.4. The highest BCUT2D eigenvalue weighted by Crippen LogP contribution is 2.63. The third-order valence-electron chi connectivity index (χ3n) is 8.35. The molecule has 2 saturated carbocycles. The molecule has 3 N–H and O–H groups in total. The maximum absolute atomic E-state index is 13.5. The number of nitrogens with one attached hydrogen (secondary N) is 1. The number of aryl methyl sites for hydroxylation is 2. The molecule has 2 fully saturated rings. The van der Waals surface area contributed by atoms with Crippen LogP contribution >= 0.6 is 27.3 Å². The lowest BCUT2D eigenvalue weighted by Crippen LogP contribution is -2.44. The number of carbonyl (C=O) groups is 2. The van der Waals surface area contributed by atoms with Gasteiger partial charge in [0.2, 0.25) is 5.91 Å². The molecule has 34 heavy (non-hydrogen) atoms. The Labute approximate surface area is 211 Å². The summed E-state index contributed by atoms with van der Waals surface area (Å²) in [5, 5.41) is 23.7. The number of aliphatic hydroxyl groups is 1. The molecule has 1 aromatic heterocycles. The minimum atomic E-state index is -0.519. The van der Waals surface area contributed by atoms with Gasteiger partial charge in [-0.25, -0.2) is 4.98 Å². The second-order valence-corrected chi connectivity index (χ2v) is 12.3. The number of allylic oxidation sites excluding steroid dienone is 1. The summed E-state index contributed by atoms with van der Waals surface area (Å²) in [6.07, 6.45) is 6.97. The van der Waals surface area contributed by atoms with Gasteiger partial charge in [-0.1, -0.05) is 6.92 Å². The number of fused-ring (bicyclic) bond motifs is 5. The number of aromatic hydroxyl groups is 1. The van der Waals surface area contributed by atoms with Gasteiger partial charge in [0.25, 0.3) is 0 Å². The number of amides is 1. The van der Waals surface area contributed by atoms with Crippen LogP contribution in [0.15, 0.2) is 34.6 Å². The maximum atomic E-state index is 13.5. The number of thiazole rings is 1. The van der Waals surface area contributed by atoms with Crippen LogP contribution in [0.1, 0.15) is 60.9 Å². The van der Waals surface area contributed by atoms with E-state index in [0.717, 1.165) is 36.8 Å². The summed E-state index contributed by atoms with van der Waals surface area (Å²) in [5.74, 6) is 0.705. The zero-order chi connectivity index (χ0) is 24.2. The van der Waals surface area contributed by atoms with Crippen molar-refractivity contribution in [1.29, 1.82) is 0 Å². The molecule has 5 atom stereocenters. The van der Waals surface area contributed by atoms with Gasteiger partial charge in [-0.15, -0.1) is 11.3 Å². The summed E-state index contributed by atoms with van der Waals surface area (Å²) in [6.45, 7) is 4.00. The Hall–Kier alpha value is -2.19. The molecule has 0 bridgehead atoms. The first-order valence-electron chi connectivity index (χ1n) is 11.9. The lowest BCUT2D eigenvalue weighted by Gasteiger charge is -2.49. The summed E-state index contributed by atoms with van der Waals surface area (Å²) in [5.41, 5.74) is 2.40. The normalized spacial score (nSPS) is 31.1. The maximum Gasteiger partial charge on any atom is 0.226 e. The number of carbonyl (C=O) groups excluding carboxylic acids is 2. The van der Waals surface area contributed by atoms with E-state index in [9.17, 15) is 19.8 Å². The van der Waals surface area contributed by atoms with Crippen molar-refractivity contribution < 1.29 is 19.8 Å². The molecule has 3 aliphatic carbocycles. The van der Waals surface area contributed by atoms with Crippen LogP contribution in [0, 0.1) is 30.1 Å². The van der Waals surface area contributed by atoms with Crippen LogP contribution in [0.25, 0.3) is 0 Å². The molecule has 8 heteroatoms. The molecule has 0 radical (unpaired) electrons. The molecule has 3 unspecified atom stereocenters. The van der Waals surface area contributed by atoms with Crippen LogP contribution < -0.4 is 5.32 Å². The van der Waals surface area contributed by atoms with Gasteiger partial charge < -0.3 is 15.5 Å². The Balaban J connectivity index is 1.42. The molecular weight excluding hydrogens is 516 g/mol. The number of nitrogens with zero attached hydrogens (tertiary/aromatic N) is 1. The lowest BCUT2D eigenvalue weighted by molar-refractivity contribution is -0.127. The molecule has 5 rings (SSSR count). The molecular formula is C26H29BrN2O4S. The highest BCUT2D eigenvalue weighted by Gasteiger charge is 2.60. The Morgan fingerprint density at radius 3 is 2.88 bits per heavy atom. The van der Waals surface area contributed by atoms with Gasteiger partial charge in [-0.05, 0) is 102 Å². The fraction of sp³-hybridized carbons (Fsp3) is 0.500. The second kappa shape index (κ2) is 8.79. The van der Waals surface area contributed by atoms with E-state index in [1.54, 1.807) is 6.20 Å². The number of Topliss-reactive ketones (excluding diaryl/α,β-unsaturated/α-hetero) is 1. The topological polar surface area (TPSA) is 99.5 Å². The quantitative estimate of drug-likeness (QED) is 0.321. The monoisotopic (exact) mass is 544 g/mol. The zero-order valence-electron chi connectivity index (χ0n) is 19.3. The average Bonchev–Trinajstić information content (AvgIpc) is 3.30. The zero-order valence-corrected chi connectivity index (χ0v) is 21.7. The second-order valence-electron chi connectivity index (χ2n) is 10.2. The first-order valence-corrected chi connectivity index (χ1v) is 13.5. The fourth-order valence-corrected chi connectivity index (χ4v) is 7.94. The van der Waals surface area contributed by atoms with E-state index in [-0.39, 0.29) is 35.7 Å². The summed E-state index contributed by atoms with van der Waals surface area (Å²) in [7, 11) is 0. The van der Waals surface area contributed by atoms with Crippen molar-refractivity contribution in [2.24, 2.45) is 23.2 Å². The Bertz CT molecular complexity index is 1190. The molecule has 0 spiro atoms. The number of halogens is 1. The first-order chi connectivity index (χ1) is 16.2. The van der Waals surface area contributed by atoms with Crippen molar-refractivity contribution in [3.05, 3.63) is 50.6 Å². The third kappa shape index (κ3) is 3.79. The van der Waals surface area contributed by atoms with Crippen molar-refractivity contribution in [1.82, 2.24) is 4.98 Å². The molecule has 180 valence electrons. The molecule has 2 aromatic rings. The Kier molecular flexibility index (Phi) is 6.09. The predicted molar refractivity (Wildman–Crippen MR) is 135 cm³/mol. The fourth-order valence-electron chi connectivity index (χ4n) is 6.90. The highest BCUT2D eigenvalue weighted by molar-refractivity contribution is 9.10. The number of rotatable bonds is 4. The van der Waals surface area contributed by atoms with Crippen LogP contribution in [-0.4, -0.2) is 26.9 Å². The first kappa shape index (κ1) is 23.5. The molecule has 1 heterocycles.